The van der Waals surface area contributed by atoms with Crippen LogP contribution in [0.5, 0.6) is 5.75 Å². The third-order valence-electron chi connectivity index (χ3n) is 3.45. The van der Waals surface area contributed by atoms with E-state index in [-0.39, 0.29) is 11.3 Å². The molecule has 0 saturated heterocycles. The third kappa shape index (κ3) is 1.97. The topological polar surface area (TPSA) is 66.6 Å². The van der Waals surface area contributed by atoms with Gasteiger partial charge in [-0.05, 0) is 35.4 Å². The molecule has 1 heterocycles. The highest BCUT2D eigenvalue weighted by atomic mass is 19.1. The first-order valence-corrected chi connectivity index (χ1v) is 6.20. The average Bonchev–Trinajstić information content (AvgIpc) is 2.81. The molecule has 3 rings (SSSR count). The number of hydrogen-bond acceptors (Lipinski definition) is 3. The molecule has 0 bridgehead atoms. The predicted molar refractivity (Wildman–Crippen MR) is 72.5 cm³/mol. The van der Waals surface area contributed by atoms with Crippen LogP contribution in [0.3, 0.4) is 0 Å². The van der Waals surface area contributed by atoms with Crippen LogP contribution < -0.4 is 5.73 Å². The van der Waals surface area contributed by atoms with Gasteiger partial charge in [-0.25, -0.2) is 4.39 Å². The van der Waals surface area contributed by atoms with Crippen molar-refractivity contribution in [2.45, 2.75) is 13.1 Å². The number of hydrogen-bond donors (Lipinski definition) is 2. The zero-order valence-corrected chi connectivity index (χ0v) is 10.6. The van der Waals surface area contributed by atoms with E-state index < -0.39 is 11.7 Å². The Hall–Kier alpha value is -2.56. The van der Waals surface area contributed by atoms with Gasteiger partial charge < -0.3 is 15.7 Å². The summed E-state index contributed by atoms with van der Waals surface area (Å²) in [5, 5.41) is 9.68. The molecule has 5 heteroatoms. The van der Waals surface area contributed by atoms with Crippen LogP contribution in [0.1, 0.15) is 21.5 Å². The largest absolute Gasteiger partial charge is 0.507 e. The molecule has 4 nitrogen and oxygen atoms in total. The van der Waals surface area contributed by atoms with E-state index >= 15 is 0 Å². The Morgan fingerprint density at radius 3 is 2.70 bits per heavy atom. The van der Waals surface area contributed by atoms with Crippen LogP contribution in [0.15, 0.2) is 36.4 Å². The molecule has 2 aromatic carbocycles. The molecule has 102 valence electrons. The van der Waals surface area contributed by atoms with Crippen molar-refractivity contribution in [3.8, 4) is 5.75 Å². The maximum Gasteiger partial charge on any atom is 0.261 e. The maximum absolute atomic E-state index is 13.7. The summed E-state index contributed by atoms with van der Waals surface area (Å²) < 4.78 is 13.7. The smallest absolute Gasteiger partial charge is 0.261 e. The van der Waals surface area contributed by atoms with Gasteiger partial charge in [0.2, 0.25) is 0 Å². The molecule has 20 heavy (non-hydrogen) atoms. The molecule has 3 N–H and O–H groups in total. The molecule has 0 unspecified atom stereocenters. The average molecular weight is 272 g/mol. The first-order valence-electron chi connectivity index (χ1n) is 6.20. The highest BCUT2D eigenvalue weighted by Gasteiger charge is 2.27. The first kappa shape index (κ1) is 12.5. The van der Waals surface area contributed by atoms with Crippen molar-refractivity contribution < 1.29 is 14.3 Å². The Morgan fingerprint density at radius 2 is 1.95 bits per heavy atom. The second kappa shape index (κ2) is 4.52. The molecule has 1 amide bonds. The molecule has 0 radical (unpaired) electrons. The molecule has 0 aliphatic carbocycles. The standard InChI is InChI=1S/C15H13FN2O2/c16-12-2-1-3-13(19)14(12)15(20)18-7-9-4-5-11(17)6-10(9)8-18/h1-6,19H,7-8,17H2. The Labute approximate surface area is 115 Å². The number of halogens is 1. The number of phenols is 1. The van der Waals surface area contributed by atoms with Crippen molar-refractivity contribution in [1.82, 2.24) is 4.90 Å². The van der Waals surface area contributed by atoms with Gasteiger partial charge in [-0.15, -0.1) is 0 Å². The minimum Gasteiger partial charge on any atom is -0.507 e. The van der Waals surface area contributed by atoms with Crippen LogP contribution in [-0.4, -0.2) is 15.9 Å². The number of benzene rings is 2. The van der Waals surface area contributed by atoms with Crippen molar-refractivity contribution >= 4 is 11.6 Å². The van der Waals surface area contributed by atoms with Crippen LogP contribution in [0, 0.1) is 5.82 Å². The lowest BCUT2D eigenvalue weighted by Crippen LogP contribution is -2.26. The summed E-state index contributed by atoms with van der Waals surface area (Å²) >= 11 is 0. The molecule has 0 aromatic heterocycles. The van der Waals surface area contributed by atoms with E-state index in [1.54, 1.807) is 6.07 Å². The number of anilines is 1. The van der Waals surface area contributed by atoms with E-state index in [9.17, 15) is 14.3 Å². The SMILES string of the molecule is Nc1ccc2c(c1)CN(C(=O)c1c(O)cccc1F)C2. The van der Waals surface area contributed by atoms with Crippen molar-refractivity contribution in [3.05, 3.63) is 58.9 Å². The highest BCUT2D eigenvalue weighted by Crippen LogP contribution is 2.29. The van der Waals surface area contributed by atoms with Gasteiger partial charge in [-0.3, -0.25) is 4.79 Å². The molecule has 0 atom stereocenters. The fraction of sp³-hybridized carbons (Fsp3) is 0.133. The monoisotopic (exact) mass is 272 g/mol. The Kier molecular flexibility index (Phi) is 2.82. The van der Waals surface area contributed by atoms with E-state index in [1.807, 2.05) is 12.1 Å². The minimum absolute atomic E-state index is 0.284. The van der Waals surface area contributed by atoms with Gasteiger partial charge >= 0.3 is 0 Å². The molecular formula is C15H13FN2O2. The second-order valence-corrected chi connectivity index (χ2v) is 4.82. The highest BCUT2D eigenvalue weighted by molar-refractivity contribution is 5.97. The van der Waals surface area contributed by atoms with Gasteiger partial charge in [-0.2, -0.15) is 0 Å². The normalized spacial score (nSPS) is 13.3. The summed E-state index contributed by atoms with van der Waals surface area (Å²) in [5.74, 6) is -1.58. The number of phenolic OH excluding ortho intramolecular Hbond substituents is 1. The maximum atomic E-state index is 13.7. The van der Waals surface area contributed by atoms with E-state index in [4.69, 9.17) is 5.73 Å². The first-order chi connectivity index (χ1) is 9.56. The predicted octanol–water partition coefficient (Wildman–Crippen LogP) is 2.27. The van der Waals surface area contributed by atoms with Gasteiger partial charge in [0.25, 0.3) is 5.91 Å². The lowest BCUT2D eigenvalue weighted by Gasteiger charge is -2.16. The van der Waals surface area contributed by atoms with Crippen molar-refractivity contribution in [2.75, 3.05) is 5.73 Å². The number of rotatable bonds is 1. The van der Waals surface area contributed by atoms with Crippen LogP contribution in [0.25, 0.3) is 0 Å². The quantitative estimate of drug-likeness (QED) is 0.783. The third-order valence-corrected chi connectivity index (χ3v) is 3.45. The summed E-state index contributed by atoms with van der Waals surface area (Å²) in [4.78, 5) is 13.8. The molecule has 1 aliphatic rings. The lowest BCUT2D eigenvalue weighted by molar-refractivity contribution is 0.0743. The number of carbonyl (C=O) groups is 1. The Bertz CT molecular complexity index is 680. The molecule has 0 saturated carbocycles. The summed E-state index contributed by atoms with van der Waals surface area (Å²) in [6.07, 6.45) is 0. The molecule has 0 spiro atoms. The molecule has 1 aliphatic heterocycles. The van der Waals surface area contributed by atoms with Crippen molar-refractivity contribution in [3.63, 3.8) is 0 Å². The Morgan fingerprint density at radius 1 is 1.20 bits per heavy atom. The fourth-order valence-corrected chi connectivity index (χ4v) is 2.44. The van der Waals surface area contributed by atoms with Crippen molar-refractivity contribution in [2.24, 2.45) is 0 Å². The Balaban J connectivity index is 1.91. The van der Waals surface area contributed by atoms with E-state index in [2.05, 4.69) is 0 Å². The number of amides is 1. The molecular weight excluding hydrogens is 259 g/mol. The zero-order chi connectivity index (χ0) is 14.3. The molecule has 0 fully saturated rings. The van der Waals surface area contributed by atoms with Crippen molar-refractivity contribution in [1.29, 1.82) is 0 Å². The van der Waals surface area contributed by atoms with E-state index in [1.165, 1.54) is 17.0 Å². The fourth-order valence-electron chi connectivity index (χ4n) is 2.44. The van der Waals surface area contributed by atoms with Gasteiger partial charge in [0, 0.05) is 18.8 Å². The van der Waals surface area contributed by atoms with Gasteiger partial charge in [0.15, 0.2) is 0 Å². The van der Waals surface area contributed by atoms with Gasteiger partial charge in [0.05, 0.1) is 0 Å². The summed E-state index contributed by atoms with van der Waals surface area (Å²) in [7, 11) is 0. The minimum atomic E-state index is -0.717. The second-order valence-electron chi connectivity index (χ2n) is 4.82. The number of aromatic hydroxyl groups is 1. The number of fused-ring (bicyclic) bond motifs is 1. The van der Waals surface area contributed by atoms with Crippen LogP contribution in [0.2, 0.25) is 0 Å². The van der Waals surface area contributed by atoms with Gasteiger partial charge in [-0.1, -0.05) is 12.1 Å². The van der Waals surface area contributed by atoms with Gasteiger partial charge in [0.1, 0.15) is 17.1 Å². The number of nitrogens with two attached hydrogens (primary N) is 1. The number of nitrogen functional groups attached to an aromatic ring is 1. The molecule has 2 aromatic rings. The zero-order valence-electron chi connectivity index (χ0n) is 10.6. The summed E-state index contributed by atoms with van der Waals surface area (Å²) in [6, 6.07) is 9.27. The lowest BCUT2D eigenvalue weighted by atomic mass is 10.1. The van der Waals surface area contributed by atoms with E-state index in [0.29, 0.717) is 18.8 Å². The van der Waals surface area contributed by atoms with E-state index in [0.717, 1.165) is 17.2 Å². The van der Waals surface area contributed by atoms with Crippen LogP contribution in [0.4, 0.5) is 10.1 Å². The van der Waals surface area contributed by atoms with Crippen LogP contribution >= 0.6 is 0 Å². The summed E-state index contributed by atoms with van der Waals surface area (Å²) in [6.45, 7) is 0.759. The number of carbonyl (C=O) groups excluding carboxylic acids is 1. The summed E-state index contributed by atoms with van der Waals surface area (Å²) in [5.41, 5.74) is 8.00. The number of nitrogens with zero attached hydrogens (tertiary/aromatic N) is 1. The van der Waals surface area contributed by atoms with Crippen LogP contribution in [-0.2, 0) is 13.1 Å².